The molecule has 0 saturated carbocycles. The predicted octanol–water partition coefficient (Wildman–Crippen LogP) is 2.74. The lowest BCUT2D eigenvalue weighted by atomic mass is 10.2. The first kappa shape index (κ1) is 17.1. The Morgan fingerprint density at radius 2 is 2.00 bits per heavy atom. The van der Waals surface area contributed by atoms with Gasteiger partial charge in [0.05, 0.1) is 6.20 Å². The summed E-state index contributed by atoms with van der Waals surface area (Å²) in [5.74, 6) is 1.38. The van der Waals surface area contributed by atoms with Gasteiger partial charge in [-0.15, -0.1) is 5.10 Å². The van der Waals surface area contributed by atoms with Crippen LogP contribution < -0.4 is 10.2 Å². The molecule has 1 N–H and O–H groups in total. The lowest BCUT2D eigenvalue weighted by Gasteiger charge is -2.27. The van der Waals surface area contributed by atoms with Gasteiger partial charge in [0.25, 0.3) is 0 Å². The number of methoxy groups -OCH3 is 1. The van der Waals surface area contributed by atoms with Crippen LogP contribution in [0.15, 0.2) is 36.5 Å². The van der Waals surface area contributed by atoms with E-state index in [4.69, 9.17) is 4.74 Å². The van der Waals surface area contributed by atoms with Crippen molar-refractivity contribution in [1.82, 2.24) is 15.2 Å². The second-order valence-electron chi connectivity index (χ2n) is 5.62. The zero-order valence-electron chi connectivity index (χ0n) is 14.1. The number of hydrogen-bond donors (Lipinski definition) is 1. The molecule has 0 bridgehead atoms. The standard InChI is InChI=1S/C17H25N5O/c1-14(2)22(13-15-8-5-4-6-9-15)16-12-19-21-17(20-16)18-10-7-11-23-3/h4-6,8-9,12,14H,7,10-11,13H2,1-3H3,(H,18,20,21). The average molecular weight is 315 g/mol. The summed E-state index contributed by atoms with van der Waals surface area (Å²) in [6.07, 6.45) is 2.62. The Hall–Kier alpha value is -2.21. The van der Waals surface area contributed by atoms with Gasteiger partial charge in [-0.05, 0) is 25.8 Å². The van der Waals surface area contributed by atoms with Crippen molar-refractivity contribution >= 4 is 11.8 Å². The molecular weight excluding hydrogens is 290 g/mol. The van der Waals surface area contributed by atoms with Crippen molar-refractivity contribution in [2.75, 3.05) is 30.5 Å². The molecule has 0 aliphatic carbocycles. The van der Waals surface area contributed by atoms with E-state index in [0.717, 1.165) is 25.3 Å². The first-order valence-electron chi connectivity index (χ1n) is 7.94. The monoisotopic (exact) mass is 315 g/mol. The van der Waals surface area contributed by atoms with Crippen molar-refractivity contribution in [2.24, 2.45) is 0 Å². The van der Waals surface area contributed by atoms with Crippen LogP contribution in [-0.4, -0.2) is 41.5 Å². The molecule has 1 aromatic carbocycles. The van der Waals surface area contributed by atoms with Crippen LogP contribution in [0.1, 0.15) is 25.8 Å². The number of aromatic nitrogens is 3. The molecule has 1 aromatic heterocycles. The van der Waals surface area contributed by atoms with E-state index in [0.29, 0.717) is 18.6 Å². The summed E-state index contributed by atoms with van der Waals surface area (Å²) in [7, 11) is 1.70. The van der Waals surface area contributed by atoms with Gasteiger partial charge in [0.2, 0.25) is 5.95 Å². The lowest BCUT2D eigenvalue weighted by molar-refractivity contribution is 0.197. The van der Waals surface area contributed by atoms with Crippen LogP contribution in [-0.2, 0) is 11.3 Å². The normalized spacial score (nSPS) is 10.8. The molecule has 2 rings (SSSR count). The van der Waals surface area contributed by atoms with E-state index in [9.17, 15) is 0 Å². The molecule has 0 radical (unpaired) electrons. The van der Waals surface area contributed by atoms with Gasteiger partial charge >= 0.3 is 0 Å². The molecule has 6 heteroatoms. The van der Waals surface area contributed by atoms with Crippen molar-refractivity contribution in [2.45, 2.75) is 32.9 Å². The minimum atomic E-state index is 0.313. The van der Waals surface area contributed by atoms with Gasteiger partial charge < -0.3 is 15.0 Å². The van der Waals surface area contributed by atoms with Crippen LogP contribution in [0.25, 0.3) is 0 Å². The summed E-state index contributed by atoms with van der Waals surface area (Å²) in [4.78, 5) is 6.80. The van der Waals surface area contributed by atoms with Crippen molar-refractivity contribution < 1.29 is 4.74 Å². The second kappa shape index (κ2) is 9.05. The molecule has 0 fully saturated rings. The number of benzene rings is 1. The molecule has 2 aromatic rings. The van der Waals surface area contributed by atoms with Gasteiger partial charge in [-0.25, -0.2) is 0 Å². The van der Waals surface area contributed by atoms with E-state index >= 15 is 0 Å². The Morgan fingerprint density at radius 3 is 2.70 bits per heavy atom. The quantitative estimate of drug-likeness (QED) is 0.718. The Bertz CT molecular complexity index is 576. The van der Waals surface area contributed by atoms with Gasteiger partial charge in [0.15, 0.2) is 5.82 Å². The third-order valence-electron chi connectivity index (χ3n) is 3.47. The van der Waals surface area contributed by atoms with Crippen LogP contribution in [0.5, 0.6) is 0 Å². The average Bonchev–Trinajstić information content (AvgIpc) is 2.57. The van der Waals surface area contributed by atoms with Gasteiger partial charge in [-0.1, -0.05) is 30.3 Å². The van der Waals surface area contributed by atoms with Gasteiger partial charge in [0.1, 0.15) is 0 Å². The molecule has 23 heavy (non-hydrogen) atoms. The summed E-state index contributed by atoms with van der Waals surface area (Å²) < 4.78 is 5.03. The molecule has 0 amide bonds. The summed E-state index contributed by atoms with van der Waals surface area (Å²) >= 11 is 0. The number of hydrogen-bond acceptors (Lipinski definition) is 6. The fourth-order valence-electron chi connectivity index (χ4n) is 2.23. The Balaban J connectivity index is 2.06. The number of nitrogens with one attached hydrogen (secondary N) is 1. The Kier molecular flexibility index (Phi) is 6.75. The highest BCUT2D eigenvalue weighted by molar-refractivity contribution is 5.42. The lowest BCUT2D eigenvalue weighted by Crippen LogP contribution is -2.31. The van der Waals surface area contributed by atoms with Crippen LogP contribution in [0.2, 0.25) is 0 Å². The van der Waals surface area contributed by atoms with Gasteiger partial charge in [-0.3, -0.25) is 0 Å². The molecule has 0 atom stereocenters. The highest BCUT2D eigenvalue weighted by atomic mass is 16.5. The molecular formula is C17H25N5O. The van der Waals surface area contributed by atoms with Crippen LogP contribution >= 0.6 is 0 Å². The topological polar surface area (TPSA) is 63.2 Å². The molecule has 124 valence electrons. The number of ether oxygens (including phenoxy) is 1. The van der Waals surface area contributed by atoms with E-state index in [1.165, 1.54) is 5.56 Å². The summed E-state index contributed by atoms with van der Waals surface area (Å²) in [6, 6.07) is 10.7. The highest BCUT2D eigenvalue weighted by Gasteiger charge is 2.14. The van der Waals surface area contributed by atoms with E-state index < -0.39 is 0 Å². The fourth-order valence-corrected chi connectivity index (χ4v) is 2.23. The van der Waals surface area contributed by atoms with E-state index in [-0.39, 0.29) is 0 Å². The van der Waals surface area contributed by atoms with Crippen LogP contribution in [0.3, 0.4) is 0 Å². The van der Waals surface area contributed by atoms with Crippen molar-refractivity contribution in [1.29, 1.82) is 0 Å². The molecule has 6 nitrogen and oxygen atoms in total. The molecule has 0 aliphatic heterocycles. The zero-order valence-corrected chi connectivity index (χ0v) is 14.1. The van der Waals surface area contributed by atoms with Gasteiger partial charge in [-0.2, -0.15) is 10.1 Å². The summed E-state index contributed by atoms with van der Waals surface area (Å²) in [5, 5.41) is 11.3. The highest BCUT2D eigenvalue weighted by Crippen LogP contribution is 2.17. The van der Waals surface area contributed by atoms with E-state index in [1.807, 2.05) is 6.07 Å². The summed E-state index contributed by atoms with van der Waals surface area (Å²) in [5.41, 5.74) is 1.24. The predicted molar refractivity (Wildman–Crippen MR) is 92.6 cm³/mol. The fraction of sp³-hybridized carbons (Fsp3) is 0.471. The zero-order chi connectivity index (χ0) is 16.5. The van der Waals surface area contributed by atoms with Crippen molar-refractivity contribution in [3.63, 3.8) is 0 Å². The number of anilines is 2. The Labute approximate surface area is 137 Å². The number of rotatable bonds is 9. The smallest absolute Gasteiger partial charge is 0.244 e. The minimum Gasteiger partial charge on any atom is -0.385 e. The molecule has 0 spiro atoms. The maximum Gasteiger partial charge on any atom is 0.244 e. The third kappa shape index (κ3) is 5.49. The SMILES string of the molecule is COCCCNc1nncc(N(Cc2ccccc2)C(C)C)n1. The number of nitrogens with zero attached hydrogens (tertiary/aromatic N) is 4. The molecule has 0 saturated heterocycles. The van der Waals surface area contributed by atoms with Crippen LogP contribution in [0.4, 0.5) is 11.8 Å². The first-order valence-corrected chi connectivity index (χ1v) is 7.94. The maximum atomic E-state index is 5.03. The second-order valence-corrected chi connectivity index (χ2v) is 5.62. The molecule has 0 aliphatic rings. The van der Waals surface area contributed by atoms with E-state index in [1.54, 1.807) is 13.3 Å². The van der Waals surface area contributed by atoms with Crippen LogP contribution in [0, 0.1) is 0 Å². The van der Waals surface area contributed by atoms with Crippen molar-refractivity contribution in [3.05, 3.63) is 42.1 Å². The van der Waals surface area contributed by atoms with Gasteiger partial charge in [0, 0.05) is 32.8 Å². The van der Waals surface area contributed by atoms with Crippen molar-refractivity contribution in [3.8, 4) is 0 Å². The Morgan fingerprint density at radius 1 is 1.22 bits per heavy atom. The minimum absolute atomic E-state index is 0.313. The largest absolute Gasteiger partial charge is 0.385 e. The summed E-state index contributed by atoms with van der Waals surface area (Å²) in [6.45, 7) is 6.57. The first-order chi connectivity index (χ1) is 11.2. The molecule has 0 unspecified atom stereocenters. The van der Waals surface area contributed by atoms with E-state index in [2.05, 4.69) is 63.5 Å². The maximum absolute atomic E-state index is 5.03. The third-order valence-corrected chi connectivity index (χ3v) is 3.47. The molecule has 1 heterocycles.